The van der Waals surface area contributed by atoms with Crippen molar-refractivity contribution in [3.63, 3.8) is 0 Å². The highest BCUT2D eigenvalue weighted by Gasteiger charge is 2.22. The monoisotopic (exact) mass is 342 g/mol. The Kier molecular flexibility index (Phi) is 5.75. The van der Waals surface area contributed by atoms with Crippen molar-refractivity contribution in [3.8, 4) is 5.69 Å². The lowest BCUT2D eigenvalue weighted by Gasteiger charge is -2.34. The quantitative estimate of drug-likeness (QED) is 0.801. The van der Waals surface area contributed by atoms with Crippen LogP contribution in [0, 0.1) is 6.92 Å². The molecule has 1 fully saturated rings. The second-order valence-electron chi connectivity index (χ2n) is 6.60. The molecule has 1 saturated heterocycles. The Morgan fingerprint density at radius 3 is 2.52 bits per heavy atom. The molecule has 25 heavy (non-hydrogen) atoms. The Bertz CT molecular complexity index is 688. The van der Waals surface area contributed by atoms with Gasteiger partial charge in [0.25, 0.3) is 0 Å². The minimum Gasteiger partial charge on any atom is -0.340 e. The first-order valence-corrected chi connectivity index (χ1v) is 9.02. The van der Waals surface area contributed by atoms with Crippen molar-refractivity contribution in [2.75, 3.05) is 26.2 Å². The van der Waals surface area contributed by atoms with Crippen LogP contribution < -0.4 is 0 Å². The molecule has 0 spiro atoms. The molecule has 0 bridgehead atoms. The highest BCUT2D eigenvalue weighted by Crippen LogP contribution is 2.13. The Labute approximate surface area is 148 Å². The van der Waals surface area contributed by atoms with Gasteiger partial charge in [-0.15, -0.1) is 5.10 Å². The van der Waals surface area contributed by atoms with Crippen molar-refractivity contribution < 1.29 is 4.79 Å². The van der Waals surface area contributed by atoms with E-state index in [2.05, 4.69) is 46.4 Å². The fraction of sp³-hybridized carbons (Fsp3) is 0.556. The molecule has 0 aliphatic carbocycles. The predicted molar refractivity (Wildman–Crippen MR) is 95.3 cm³/mol. The third kappa shape index (κ3) is 4.42. The summed E-state index contributed by atoms with van der Waals surface area (Å²) in [5, 5.41) is 12.1. The molecular formula is C18H26N6O. The molecule has 2 heterocycles. The number of carbonyl (C=O) groups excluding carboxylic acids is 1. The summed E-state index contributed by atoms with van der Waals surface area (Å²) in [6.45, 7) is 8.16. The molecular weight excluding hydrogens is 316 g/mol. The lowest BCUT2D eigenvalue weighted by Crippen LogP contribution is -2.48. The standard InChI is InChI=1S/C18H26N6O/c1-3-4-5-18(25)23-12-10-22(11-13-23)14-17-19-20-21-24(17)16-8-6-15(2)7-9-16/h6-9H,3-5,10-14H2,1-2H3. The molecule has 134 valence electrons. The molecule has 1 amide bonds. The molecule has 0 unspecified atom stereocenters. The highest BCUT2D eigenvalue weighted by atomic mass is 16.2. The van der Waals surface area contributed by atoms with Gasteiger partial charge in [-0.25, -0.2) is 0 Å². The number of rotatable bonds is 6. The molecule has 0 radical (unpaired) electrons. The Hall–Kier alpha value is -2.28. The van der Waals surface area contributed by atoms with Crippen LogP contribution in [-0.2, 0) is 11.3 Å². The smallest absolute Gasteiger partial charge is 0.222 e. The van der Waals surface area contributed by atoms with E-state index in [1.54, 1.807) is 4.68 Å². The largest absolute Gasteiger partial charge is 0.340 e. The van der Waals surface area contributed by atoms with E-state index in [1.807, 2.05) is 17.0 Å². The number of piperazine rings is 1. The average molecular weight is 342 g/mol. The normalized spacial score (nSPS) is 15.5. The summed E-state index contributed by atoms with van der Waals surface area (Å²) < 4.78 is 1.79. The van der Waals surface area contributed by atoms with E-state index < -0.39 is 0 Å². The summed E-state index contributed by atoms with van der Waals surface area (Å²) in [6.07, 6.45) is 2.71. The number of nitrogens with zero attached hydrogens (tertiary/aromatic N) is 6. The molecule has 1 aromatic carbocycles. The molecule has 7 heteroatoms. The third-order valence-electron chi connectivity index (χ3n) is 4.65. The van der Waals surface area contributed by atoms with Gasteiger partial charge in [0.15, 0.2) is 5.82 Å². The van der Waals surface area contributed by atoms with Crippen molar-refractivity contribution in [2.24, 2.45) is 0 Å². The maximum absolute atomic E-state index is 12.1. The molecule has 2 aromatic rings. The Morgan fingerprint density at radius 1 is 1.12 bits per heavy atom. The van der Waals surface area contributed by atoms with E-state index in [1.165, 1.54) is 5.56 Å². The van der Waals surface area contributed by atoms with Crippen molar-refractivity contribution >= 4 is 5.91 Å². The van der Waals surface area contributed by atoms with Crippen molar-refractivity contribution in [1.82, 2.24) is 30.0 Å². The van der Waals surface area contributed by atoms with Gasteiger partial charge in [0.05, 0.1) is 12.2 Å². The second kappa shape index (κ2) is 8.20. The topological polar surface area (TPSA) is 67.2 Å². The van der Waals surface area contributed by atoms with Crippen LogP contribution in [0.3, 0.4) is 0 Å². The number of carbonyl (C=O) groups is 1. The van der Waals surface area contributed by atoms with E-state index in [4.69, 9.17) is 0 Å². The lowest BCUT2D eigenvalue weighted by atomic mass is 10.2. The number of unbranched alkanes of at least 4 members (excludes halogenated alkanes) is 1. The molecule has 0 saturated carbocycles. The van der Waals surface area contributed by atoms with E-state index in [0.717, 1.165) is 50.5 Å². The number of amides is 1. The maximum Gasteiger partial charge on any atom is 0.222 e. The summed E-state index contributed by atoms with van der Waals surface area (Å²) in [5.41, 5.74) is 2.18. The van der Waals surface area contributed by atoms with Crippen molar-refractivity contribution in [1.29, 1.82) is 0 Å². The Balaban J connectivity index is 1.57. The van der Waals surface area contributed by atoms with Crippen LogP contribution in [0.25, 0.3) is 5.69 Å². The van der Waals surface area contributed by atoms with Gasteiger partial charge in [0.2, 0.25) is 5.91 Å². The zero-order valence-electron chi connectivity index (χ0n) is 15.1. The number of aryl methyl sites for hydroxylation is 1. The second-order valence-corrected chi connectivity index (χ2v) is 6.60. The SMILES string of the molecule is CCCCC(=O)N1CCN(Cc2nnnn2-c2ccc(C)cc2)CC1. The number of aromatic nitrogens is 4. The first-order valence-electron chi connectivity index (χ1n) is 9.02. The van der Waals surface area contributed by atoms with Gasteiger partial charge in [-0.2, -0.15) is 4.68 Å². The highest BCUT2D eigenvalue weighted by molar-refractivity contribution is 5.76. The maximum atomic E-state index is 12.1. The van der Waals surface area contributed by atoms with Gasteiger partial charge in [-0.1, -0.05) is 31.0 Å². The molecule has 0 atom stereocenters. The molecule has 0 N–H and O–H groups in total. The van der Waals surface area contributed by atoms with Gasteiger partial charge in [-0.05, 0) is 35.9 Å². The number of tetrazole rings is 1. The van der Waals surface area contributed by atoms with Crippen LogP contribution in [0.15, 0.2) is 24.3 Å². The van der Waals surface area contributed by atoms with Gasteiger partial charge in [0, 0.05) is 32.6 Å². The van der Waals surface area contributed by atoms with E-state index in [0.29, 0.717) is 13.0 Å². The van der Waals surface area contributed by atoms with Gasteiger partial charge in [-0.3, -0.25) is 9.69 Å². The summed E-state index contributed by atoms with van der Waals surface area (Å²) in [7, 11) is 0. The van der Waals surface area contributed by atoms with Crippen LogP contribution in [0.1, 0.15) is 37.6 Å². The number of hydrogen-bond acceptors (Lipinski definition) is 5. The van der Waals surface area contributed by atoms with Crippen LogP contribution >= 0.6 is 0 Å². The Morgan fingerprint density at radius 2 is 1.84 bits per heavy atom. The van der Waals surface area contributed by atoms with Crippen molar-refractivity contribution in [3.05, 3.63) is 35.7 Å². The molecule has 1 aromatic heterocycles. The molecule has 1 aliphatic heterocycles. The number of benzene rings is 1. The van der Waals surface area contributed by atoms with Crippen LogP contribution in [0.4, 0.5) is 0 Å². The lowest BCUT2D eigenvalue weighted by molar-refractivity contribution is -0.133. The average Bonchev–Trinajstić information content (AvgIpc) is 3.09. The first kappa shape index (κ1) is 17.5. The third-order valence-corrected chi connectivity index (χ3v) is 4.65. The van der Waals surface area contributed by atoms with Crippen molar-refractivity contribution in [2.45, 2.75) is 39.7 Å². The zero-order valence-corrected chi connectivity index (χ0v) is 15.1. The van der Waals surface area contributed by atoms with Gasteiger partial charge < -0.3 is 4.90 Å². The van der Waals surface area contributed by atoms with Gasteiger partial charge >= 0.3 is 0 Å². The summed E-state index contributed by atoms with van der Waals surface area (Å²) >= 11 is 0. The minimum atomic E-state index is 0.283. The minimum absolute atomic E-state index is 0.283. The van der Waals surface area contributed by atoms with E-state index >= 15 is 0 Å². The summed E-state index contributed by atoms with van der Waals surface area (Å²) in [6, 6.07) is 8.17. The fourth-order valence-electron chi connectivity index (χ4n) is 3.03. The molecule has 3 rings (SSSR count). The van der Waals surface area contributed by atoms with E-state index in [-0.39, 0.29) is 5.91 Å². The van der Waals surface area contributed by atoms with Crippen LogP contribution in [-0.4, -0.2) is 62.1 Å². The van der Waals surface area contributed by atoms with Crippen LogP contribution in [0.2, 0.25) is 0 Å². The number of hydrogen-bond donors (Lipinski definition) is 0. The zero-order chi connectivity index (χ0) is 17.6. The first-order chi connectivity index (χ1) is 12.2. The van der Waals surface area contributed by atoms with Gasteiger partial charge in [0.1, 0.15) is 0 Å². The fourth-order valence-corrected chi connectivity index (χ4v) is 3.03. The van der Waals surface area contributed by atoms with Crippen LogP contribution in [0.5, 0.6) is 0 Å². The predicted octanol–water partition coefficient (Wildman–Crippen LogP) is 1.81. The molecule has 7 nitrogen and oxygen atoms in total. The summed E-state index contributed by atoms with van der Waals surface area (Å²) in [4.78, 5) is 16.4. The molecule has 1 aliphatic rings. The summed E-state index contributed by atoms with van der Waals surface area (Å²) in [5.74, 6) is 1.11. The van der Waals surface area contributed by atoms with E-state index in [9.17, 15) is 4.79 Å².